The Hall–Kier alpha value is -2.22. The van der Waals surface area contributed by atoms with E-state index in [0.29, 0.717) is 5.69 Å². The van der Waals surface area contributed by atoms with Gasteiger partial charge in [0.2, 0.25) is 0 Å². The Balaban J connectivity index is 1.70. The van der Waals surface area contributed by atoms with Gasteiger partial charge in [0.1, 0.15) is 0 Å². The highest BCUT2D eigenvalue weighted by atomic mass is 32.2. The highest BCUT2D eigenvalue weighted by Gasteiger charge is 2.30. The van der Waals surface area contributed by atoms with E-state index in [2.05, 4.69) is 16.5 Å². The molecule has 1 aliphatic rings. The first kappa shape index (κ1) is 19.5. The Bertz CT molecular complexity index is 871. The normalized spacial score (nSPS) is 16.4. The predicted octanol–water partition coefficient (Wildman–Crippen LogP) is 4.74. The second-order valence-electron chi connectivity index (χ2n) is 6.84. The van der Waals surface area contributed by atoms with E-state index in [1.807, 2.05) is 12.1 Å². The summed E-state index contributed by atoms with van der Waals surface area (Å²) >= 11 is 0. The van der Waals surface area contributed by atoms with E-state index in [1.165, 1.54) is 0 Å². The Morgan fingerprint density at radius 2 is 1.52 bits per heavy atom. The molecule has 1 fully saturated rings. The molecule has 1 heterocycles. The van der Waals surface area contributed by atoms with Gasteiger partial charge in [-0.3, -0.25) is 4.72 Å². The van der Waals surface area contributed by atoms with E-state index >= 15 is 0 Å². The molecule has 1 N–H and O–H groups in total. The van der Waals surface area contributed by atoms with Gasteiger partial charge < -0.3 is 4.90 Å². The smallest absolute Gasteiger partial charge is 0.372 e. The van der Waals surface area contributed by atoms with Crippen LogP contribution in [0.2, 0.25) is 0 Å². The molecule has 1 saturated heterocycles. The molecule has 0 bridgehead atoms. The average molecular weight is 398 g/mol. The number of nitrogens with one attached hydrogen (secondary N) is 1. The molecule has 0 aliphatic carbocycles. The maximum Gasteiger partial charge on any atom is 0.416 e. The van der Waals surface area contributed by atoms with Gasteiger partial charge in [-0.25, -0.2) is 8.42 Å². The summed E-state index contributed by atoms with van der Waals surface area (Å²) in [5.74, 6) is 0.719. The molecule has 0 unspecified atom stereocenters. The van der Waals surface area contributed by atoms with Crippen LogP contribution in [0.1, 0.15) is 25.3 Å². The summed E-state index contributed by atoms with van der Waals surface area (Å²) in [6.45, 7) is 4.17. The molecular weight excluding hydrogens is 377 g/mol. The number of alkyl halides is 3. The van der Waals surface area contributed by atoms with Crippen LogP contribution >= 0.6 is 0 Å². The number of anilines is 2. The van der Waals surface area contributed by atoms with Crippen LogP contribution in [0.25, 0.3) is 0 Å². The maximum absolute atomic E-state index is 12.6. The van der Waals surface area contributed by atoms with Crippen LogP contribution in [-0.2, 0) is 16.2 Å². The lowest BCUT2D eigenvalue weighted by Crippen LogP contribution is -2.32. The molecule has 146 valence electrons. The van der Waals surface area contributed by atoms with Crippen molar-refractivity contribution in [1.82, 2.24) is 0 Å². The van der Waals surface area contributed by atoms with E-state index in [4.69, 9.17) is 0 Å². The minimum Gasteiger partial charge on any atom is -0.372 e. The minimum absolute atomic E-state index is 0.218. The van der Waals surface area contributed by atoms with Gasteiger partial charge in [0.25, 0.3) is 10.0 Å². The zero-order valence-corrected chi connectivity index (χ0v) is 15.6. The number of hydrogen-bond acceptors (Lipinski definition) is 3. The Kier molecular flexibility index (Phi) is 5.37. The second kappa shape index (κ2) is 7.42. The fourth-order valence-electron chi connectivity index (χ4n) is 3.04. The fraction of sp³-hybridized carbons (Fsp3) is 0.368. The molecule has 0 saturated carbocycles. The Morgan fingerprint density at radius 1 is 0.963 bits per heavy atom. The third-order valence-corrected chi connectivity index (χ3v) is 6.16. The SMILES string of the molecule is CC1CCN(c2ccc(NS(=O)(=O)c3ccc(C(F)(F)F)cc3)cc2)CC1. The van der Waals surface area contributed by atoms with Crippen molar-refractivity contribution in [2.75, 3.05) is 22.7 Å². The lowest BCUT2D eigenvalue weighted by molar-refractivity contribution is -0.137. The molecule has 0 atom stereocenters. The van der Waals surface area contributed by atoms with E-state index in [0.717, 1.165) is 61.8 Å². The summed E-state index contributed by atoms with van der Waals surface area (Å²) in [5, 5.41) is 0. The summed E-state index contributed by atoms with van der Waals surface area (Å²) < 4.78 is 65.0. The lowest BCUT2D eigenvalue weighted by atomic mass is 9.99. The monoisotopic (exact) mass is 398 g/mol. The number of benzene rings is 2. The van der Waals surface area contributed by atoms with E-state index in [1.54, 1.807) is 12.1 Å². The van der Waals surface area contributed by atoms with Gasteiger partial charge in [0, 0.05) is 24.5 Å². The van der Waals surface area contributed by atoms with Gasteiger partial charge in [-0.15, -0.1) is 0 Å². The molecular formula is C19H21F3N2O2S. The van der Waals surface area contributed by atoms with Crippen molar-refractivity contribution >= 4 is 21.4 Å². The fourth-order valence-corrected chi connectivity index (χ4v) is 4.10. The van der Waals surface area contributed by atoms with Gasteiger partial charge in [-0.1, -0.05) is 6.92 Å². The van der Waals surface area contributed by atoms with Crippen LogP contribution in [0.3, 0.4) is 0 Å². The molecule has 0 aromatic heterocycles. The highest BCUT2D eigenvalue weighted by molar-refractivity contribution is 7.92. The van der Waals surface area contributed by atoms with Crippen LogP contribution in [-0.4, -0.2) is 21.5 Å². The quantitative estimate of drug-likeness (QED) is 0.809. The summed E-state index contributed by atoms with van der Waals surface area (Å²) in [4.78, 5) is 2.04. The number of rotatable bonds is 4. The van der Waals surface area contributed by atoms with Crippen LogP contribution in [0, 0.1) is 5.92 Å². The number of nitrogens with zero attached hydrogens (tertiary/aromatic N) is 1. The van der Waals surface area contributed by atoms with Crippen molar-refractivity contribution in [3.8, 4) is 0 Å². The largest absolute Gasteiger partial charge is 0.416 e. The van der Waals surface area contributed by atoms with Crippen molar-refractivity contribution in [2.24, 2.45) is 5.92 Å². The molecule has 1 aliphatic heterocycles. The zero-order chi connectivity index (χ0) is 19.7. The van der Waals surface area contributed by atoms with Crippen LogP contribution in [0.4, 0.5) is 24.5 Å². The molecule has 0 spiro atoms. The third kappa shape index (κ3) is 4.74. The molecule has 0 radical (unpaired) electrons. The first-order chi connectivity index (χ1) is 12.6. The summed E-state index contributed by atoms with van der Waals surface area (Å²) in [6, 6.07) is 10.4. The van der Waals surface area contributed by atoms with Gasteiger partial charge in [0.05, 0.1) is 10.5 Å². The maximum atomic E-state index is 12.6. The van der Waals surface area contributed by atoms with Crippen LogP contribution in [0.5, 0.6) is 0 Å². The molecule has 0 amide bonds. The summed E-state index contributed by atoms with van der Waals surface area (Å²) in [6.07, 6.45) is -2.25. The topological polar surface area (TPSA) is 49.4 Å². The standard InChI is InChI=1S/C19H21F3N2O2S/c1-14-10-12-24(13-11-14)17-6-4-16(5-7-17)23-27(25,26)18-8-2-15(3-9-18)19(20,21)22/h2-9,14,23H,10-13H2,1H3. The van der Waals surface area contributed by atoms with E-state index in [-0.39, 0.29) is 4.90 Å². The summed E-state index contributed by atoms with van der Waals surface area (Å²) in [7, 11) is -3.95. The average Bonchev–Trinajstić information content (AvgIpc) is 2.62. The van der Waals surface area contributed by atoms with Crippen molar-refractivity contribution in [3.05, 3.63) is 54.1 Å². The second-order valence-corrected chi connectivity index (χ2v) is 8.53. The Morgan fingerprint density at radius 3 is 2.04 bits per heavy atom. The molecule has 27 heavy (non-hydrogen) atoms. The van der Waals surface area contributed by atoms with Crippen molar-refractivity contribution in [2.45, 2.75) is 30.8 Å². The van der Waals surface area contributed by atoms with Crippen LogP contribution in [0.15, 0.2) is 53.4 Å². The number of piperidine rings is 1. The first-order valence-corrected chi connectivity index (χ1v) is 10.2. The molecule has 2 aromatic carbocycles. The highest BCUT2D eigenvalue weighted by Crippen LogP contribution is 2.30. The summed E-state index contributed by atoms with van der Waals surface area (Å²) in [5.41, 5.74) is 0.505. The predicted molar refractivity (Wildman–Crippen MR) is 99.3 cm³/mol. The molecule has 3 rings (SSSR count). The minimum atomic E-state index is -4.50. The number of halogens is 3. The number of hydrogen-bond donors (Lipinski definition) is 1. The molecule has 2 aromatic rings. The van der Waals surface area contributed by atoms with Crippen molar-refractivity contribution < 1.29 is 21.6 Å². The van der Waals surface area contributed by atoms with Gasteiger partial charge in [0.15, 0.2) is 0 Å². The van der Waals surface area contributed by atoms with Crippen LogP contribution < -0.4 is 9.62 Å². The van der Waals surface area contributed by atoms with E-state index in [9.17, 15) is 21.6 Å². The zero-order valence-electron chi connectivity index (χ0n) is 14.8. The molecule has 4 nitrogen and oxygen atoms in total. The van der Waals surface area contributed by atoms with Gasteiger partial charge in [-0.05, 0) is 67.3 Å². The number of sulfonamides is 1. The third-order valence-electron chi connectivity index (χ3n) is 4.76. The van der Waals surface area contributed by atoms with Crippen molar-refractivity contribution in [3.63, 3.8) is 0 Å². The van der Waals surface area contributed by atoms with Gasteiger partial charge >= 0.3 is 6.18 Å². The lowest BCUT2D eigenvalue weighted by Gasteiger charge is -2.32. The van der Waals surface area contributed by atoms with Crippen molar-refractivity contribution in [1.29, 1.82) is 0 Å². The van der Waals surface area contributed by atoms with Gasteiger partial charge in [-0.2, -0.15) is 13.2 Å². The van der Waals surface area contributed by atoms with E-state index < -0.39 is 21.8 Å². The first-order valence-electron chi connectivity index (χ1n) is 8.70. The molecule has 8 heteroatoms. The Labute approximate surface area is 157 Å².